The van der Waals surface area contributed by atoms with Gasteiger partial charge in [-0.1, -0.05) is 43.9 Å². The van der Waals surface area contributed by atoms with Gasteiger partial charge < -0.3 is 4.74 Å². The van der Waals surface area contributed by atoms with Crippen LogP contribution in [0, 0.1) is 11.3 Å². The molecule has 0 spiro atoms. The Bertz CT molecular complexity index is 849. The van der Waals surface area contributed by atoms with E-state index in [1.807, 2.05) is 30.3 Å². The maximum absolute atomic E-state index is 11.9. The molecule has 2 rings (SSSR count). The molecule has 30 heavy (non-hydrogen) atoms. The summed E-state index contributed by atoms with van der Waals surface area (Å²) in [4.78, 5) is 11.9. The monoisotopic (exact) mass is 403 g/mol. The van der Waals surface area contributed by atoms with Crippen LogP contribution in [0.25, 0.3) is 0 Å². The lowest BCUT2D eigenvalue weighted by molar-refractivity contribution is -0.145. The molecule has 0 aliphatic heterocycles. The predicted molar refractivity (Wildman–Crippen MR) is 119 cm³/mol. The fourth-order valence-electron chi connectivity index (χ4n) is 2.88. The van der Waals surface area contributed by atoms with E-state index in [1.54, 1.807) is 24.3 Å². The second-order valence-corrected chi connectivity index (χ2v) is 7.13. The van der Waals surface area contributed by atoms with E-state index >= 15 is 0 Å². The molecule has 156 valence electrons. The van der Waals surface area contributed by atoms with Gasteiger partial charge in [0, 0.05) is 6.42 Å². The number of azo groups is 1. The van der Waals surface area contributed by atoms with Gasteiger partial charge in [-0.25, -0.2) is 0 Å². The summed E-state index contributed by atoms with van der Waals surface area (Å²) in [6.07, 6.45) is 10.3. The minimum Gasteiger partial charge on any atom is -0.461 e. The standard InChI is InChI=1S/C25H29N3O2/c1-2-3-4-5-6-7-8-9-10-25(29)30-20-22-13-17-24(18-14-22)28-27-23-15-11-21(19-26)12-16-23/h2,11-18H,1,3-10,20H2. The normalized spacial score (nSPS) is 10.6. The van der Waals surface area contributed by atoms with Crippen LogP contribution >= 0.6 is 0 Å². The number of nitriles is 1. The Kier molecular flexibility index (Phi) is 10.6. The quantitative estimate of drug-likeness (QED) is 0.152. The molecule has 0 radical (unpaired) electrons. The van der Waals surface area contributed by atoms with E-state index in [9.17, 15) is 4.79 Å². The van der Waals surface area contributed by atoms with Gasteiger partial charge in [0.05, 0.1) is 23.0 Å². The third-order valence-corrected chi connectivity index (χ3v) is 4.65. The molecular formula is C25H29N3O2. The van der Waals surface area contributed by atoms with Gasteiger partial charge >= 0.3 is 5.97 Å². The molecule has 5 nitrogen and oxygen atoms in total. The summed E-state index contributed by atoms with van der Waals surface area (Å²) in [5.74, 6) is -0.147. The first-order chi connectivity index (χ1) is 14.7. The molecule has 0 bridgehead atoms. The van der Waals surface area contributed by atoms with Crippen molar-refractivity contribution < 1.29 is 9.53 Å². The van der Waals surface area contributed by atoms with Gasteiger partial charge in [-0.3, -0.25) is 4.79 Å². The minimum absolute atomic E-state index is 0.147. The van der Waals surface area contributed by atoms with Gasteiger partial charge in [0.1, 0.15) is 6.61 Å². The van der Waals surface area contributed by atoms with Crippen LogP contribution in [0.5, 0.6) is 0 Å². The second kappa shape index (κ2) is 13.8. The molecular weight excluding hydrogens is 374 g/mol. The van der Waals surface area contributed by atoms with Crippen molar-refractivity contribution in [2.45, 2.75) is 58.0 Å². The van der Waals surface area contributed by atoms with Crippen LogP contribution in [0.1, 0.15) is 62.5 Å². The molecule has 2 aromatic carbocycles. The summed E-state index contributed by atoms with van der Waals surface area (Å²) in [6.45, 7) is 4.00. The summed E-state index contributed by atoms with van der Waals surface area (Å²) < 4.78 is 5.35. The first-order valence-corrected chi connectivity index (χ1v) is 10.5. The molecule has 0 amide bonds. The third-order valence-electron chi connectivity index (χ3n) is 4.65. The third kappa shape index (κ3) is 9.29. The summed E-state index contributed by atoms with van der Waals surface area (Å²) in [5.41, 5.74) is 2.90. The first-order valence-electron chi connectivity index (χ1n) is 10.5. The Balaban J connectivity index is 1.64. The summed E-state index contributed by atoms with van der Waals surface area (Å²) >= 11 is 0. The molecule has 0 unspecified atom stereocenters. The van der Waals surface area contributed by atoms with Crippen molar-refractivity contribution in [1.82, 2.24) is 0 Å². The number of allylic oxidation sites excluding steroid dienone is 1. The fraction of sp³-hybridized carbons (Fsp3) is 0.360. The van der Waals surface area contributed by atoms with Gasteiger partial charge in [0.25, 0.3) is 0 Å². The number of esters is 1. The van der Waals surface area contributed by atoms with E-state index in [-0.39, 0.29) is 12.6 Å². The molecule has 0 fully saturated rings. The number of unbranched alkanes of at least 4 members (excludes halogenated alkanes) is 6. The summed E-state index contributed by atoms with van der Waals surface area (Å²) in [7, 11) is 0. The van der Waals surface area contributed by atoms with E-state index in [4.69, 9.17) is 10.00 Å². The highest BCUT2D eigenvalue weighted by atomic mass is 16.5. The largest absolute Gasteiger partial charge is 0.461 e. The van der Waals surface area contributed by atoms with Gasteiger partial charge in [-0.15, -0.1) is 6.58 Å². The maximum Gasteiger partial charge on any atom is 0.306 e. The van der Waals surface area contributed by atoms with E-state index < -0.39 is 0 Å². The van der Waals surface area contributed by atoms with Crippen molar-refractivity contribution in [3.05, 3.63) is 72.3 Å². The highest BCUT2D eigenvalue weighted by molar-refractivity contribution is 5.69. The average molecular weight is 404 g/mol. The SMILES string of the molecule is C=CCCCCCCCCC(=O)OCc1ccc(N=Nc2ccc(C#N)cc2)cc1. The zero-order valence-corrected chi connectivity index (χ0v) is 17.4. The molecule has 0 aromatic heterocycles. The van der Waals surface area contributed by atoms with Crippen molar-refractivity contribution in [2.75, 3.05) is 0 Å². The van der Waals surface area contributed by atoms with Crippen LogP contribution in [0.3, 0.4) is 0 Å². The lowest BCUT2D eigenvalue weighted by atomic mass is 10.1. The van der Waals surface area contributed by atoms with E-state index in [2.05, 4.69) is 22.9 Å². The topological polar surface area (TPSA) is 74.8 Å². The van der Waals surface area contributed by atoms with Crippen LogP contribution in [0.15, 0.2) is 71.4 Å². The lowest BCUT2D eigenvalue weighted by Crippen LogP contribution is -2.04. The smallest absolute Gasteiger partial charge is 0.306 e. The van der Waals surface area contributed by atoms with E-state index in [1.165, 1.54) is 25.7 Å². The Labute approximate surface area is 179 Å². The Morgan fingerprint density at radius 1 is 0.900 bits per heavy atom. The van der Waals surface area contributed by atoms with E-state index in [0.29, 0.717) is 23.4 Å². The second-order valence-electron chi connectivity index (χ2n) is 7.13. The molecule has 0 saturated carbocycles. The van der Waals surface area contributed by atoms with E-state index in [0.717, 1.165) is 24.8 Å². The van der Waals surface area contributed by atoms with Crippen molar-refractivity contribution in [1.29, 1.82) is 5.26 Å². The fourth-order valence-corrected chi connectivity index (χ4v) is 2.88. The number of benzene rings is 2. The highest BCUT2D eigenvalue weighted by Gasteiger charge is 2.04. The summed E-state index contributed by atoms with van der Waals surface area (Å²) in [6, 6.07) is 16.4. The molecule has 0 heterocycles. The van der Waals surface area contributed by atoms with Crippen molar-refractivity contribution >= 4 is 17.3 Å². The number of rotatable bonds is 13. The van der Waals surface area contributed by atoms with Crippen molar-refractivity contribution in [3.63, 3.8) is 0 Å². The van der Waals surface area contributed by atoms with Gasteiger partial charge in [0.2, 0.25) is 0 Å². The molecule has 0 aliphatic carbocycles. The molecule has 0 saturated heterocycles. The molecule has 2 aromatic rings. The van der Waals surface area contributed by atoms with Gasteiger partial charge in [-0.2, -0.15) is 15.5 Å². The number of carbonyl (C=O) groups is 1. The van der Waals surface area contributed by atoms with Crippen LogP contribution in [-0.4, -0.2) is 5.97 Å². The van der Waals surface area contributed by atoms with Gasteiger partial charge in [0.15, 0.2) is 0 Å². The number of ether oxygens (including phenoxy) is 1. The number of hydrogen-bond acceptors (Lipinski definition) is 5. The van der Waals surface area contributed by atoms with Crippen molar-refractivity contribution in [3.8, 4) is 6.07 Å². The zero-order valence-electron chi connectivity index (χ0n) is 17.4. The Morgan fingerprint density at radius 3 is 2.07 bits per heavy atom. The minimum atomic E-state index is -0.147. The highest BCUT2D eigenvalue weighted by Crippen LogP contribution is 2.19. The van der Waals surface area contributed by atoms with Crippen LogP contribution < -0.4 is 0 Å². The molecule has 5 heteroatoms. The maximum atomic E-state index is 11.9. The number of nitrogens with zero attached hydrogens (tertiary/aromatic N) is 3. The van der Waals surface area contributed by atoms with Crippen LogP contribution in [0.2, 0.25) is 0 Å². The van der Waals surface area contributed by atoms with Crippen LogP contribution in [-0.2, 0) is 16.1 Å². The number of carbonyl (C=O) groups excluding carboxylic acids is 1. The molecule has 0 N–H and O–H groups in total. The van der Waals surface area contributed by atoms with Crippen LogP contribution in [0.4, 0.5) is 11.4 Å². The molecule has 0 aliphatic rings. The Hall–Kier alpha value is -3.26. The zero-order chi connectivity index (χ0) is 21.4. The Morgan fingerprint density at radius 2 is 1.47 bits per heavy atom. The average Bonchev–Trinajstić information content (AvgIpc) is 2.79. The lowest BCUT2D eigenvalue weighted by Gasteiger charge is -2.05. The predicted octanol–water partition coefficient (Wildman–Crippen LogP) is 7.32. The summed E-state index contributed by atoms with van der Waals surface area (Å²) in [5, 5.41) is 17.1. The number of hydrogen-bond donors (Lipinski definition) is 0. The van der Waals surface area contributed by atoms with Gasteiger partial charge in [-0.05, 0) is 61.2 Å². The first kappa shape index (κ1) is 23.0. The molecule has 0 atom stereocenters. The van der Waals surface area contributed by atoms with Crippen molar-refractivity contribution in [2.24, 2.45) is 10.2 Å².